The first-order valence-corrected chi connectivity index (χ1v) is 12.7. The molecule has 0 bridgehead atoms. The number of hydrogen-bond donors (Lipinski definition) is 1. The second kappa shape index (κ2) is 9.19. The van der Waals surface area contributed by atoms with Crippen LogP contribution >= 0.6 is 11.3 Å². The number of ether oxygens (including phenoxy) is 2. The molecule has 1 amide bonds. The van der Waals surface area contributed by atoms with E-state index in [0.717, 1.165) is 69.5 Å². The molecule has 1 saturated heterocycles. The number of carbonyl (C=O) groups is 1. The summed E-state index contributed by atoms with van der Waals surface area (Å²) in [6, 6.07) is 16.4. The Morgan fingerprint density at radius 1 is 1.14 bits per heavy atom. The number of nitrogens with one attached hydrogen (secondary N) is 1. The van der Waals surface area contributed by atoms with E-state index < -0.39 is 0 Å². The molecule has 178 valence electrons. The van der Waals surface area contributed by atoms with Crippen molar-refractivity contribution in [2.24, 2.45) is 0 Å². The molecule has 6 rings (SSSR count). The van der Waals surface area contributed by atoms with Gasteiger partial charge in [-0.25, -0.2) is 9.97 Å². The number of hydrogen-bond acceptors (Lipinski definition) is 7. The molecule has 2 aromatic heterocycles. The van der Waals surface area contributed by atoms with E-state index >= 15 is 0 Å². The Morgan fingerprint density at radius 2 is 2.00 bits per heavy atom. The summed E-state index contributed by atoms with van der Waals surface area (Å²) in [6.07, 6.45) is 3.68. The third kappa shape index (κ3) is 4.18. The third-order valence-corrected chi connectivity index (χ3v) is 7.99. The smallest absolute Gasteiger partial charge is 0.264 e. The van der Waals surface area contributed by atoms with Crippen molar-refractivity contribution in [3.63, 3.8) is 0 Å². The number of amides is 1. The summed E-state index contributed by atoms with van der Waals surface area (Å²) >= 11 is 1.46. The highest BCUT2D eigenvalue weighted by Gasteiger charge is 2.28. The number of aryl methyl sites for hydroxylation is 1. The van der Waals surface area contributed by atoms with Crippen molar-refractivity contribution >= 4 is 33.3 Å². The Kier molecular flexibility index (Phi) is 5.74. The summed E-state index contributed by atoms with van der Waals surface area (Å²) in [5, 5.41) is 4.35. The molecule has 1 N–H and O–H groups in total. The van der Waals surface area contributed by atoms with Crippen LogP contribution in [0.15, 0.2) is 54.9 Å². The first kappa shape index (κ1) is 21.9. The average molecular weight is 487 g/mol. The van der Waals surface area contributed by atoms with Gasteiger partial charge in [0.1, 0.15) is 17.0 Å². The van der Waals surface area contributed by atoms with Gasteiger partial charge in [0, 0.05) is 25.6 Å². The van der Waals surface area contributed by atoms with Gasteiger partial charge >= 0.3 is 0 Å². The highest BCUT2D eigenvalue weighted by atomic mass is 32.1. The molecular formula is C27H26N4O3S. The van der Waals surface area contributed by atoms with Gasteiger partial charge < -0.3 is 19.7 Å². The number of carbonyl (C=O) groups excluding carboxylic acids is 1. The van der Waals surface area contributed by atoms with Gasteiger partial charge in [-0.05, 0) is 48.6 Å². The van der Waals surface area contributed by atoms with Crippen LogP contribution in [-0.4, -0.2) is 40.7 Å². The molecule has 2 aliphatic heterocycles. The van der Waals surface area contributed by atoms with E-state index in [1.165, 1.54) is 16.9 Å². The van der Waals surface area contributed by atoms with Crippen molar-refractivity contribution in [1.82, 2.24) is 14.9 Å². The fourth-order valence-electron chi connectivity index (χ4n) is 4.95. The van der Waals surface area contributed by atoms with Crippen LogP contribution in [-0.2, 0) is 6.54 Å². The van der Waals surface area contributed by atoms with Gasteiger partial charge in [-0.3, -0.25) is 4.79 Å². The largest absolute Gasteiger partial charge is 0.454 e. The highest BCUT2D eigenvalue weighted by Crippen LogP contribution is 2.36. The maximum atomic E-state index is 13.6. The summed E-state index contributed by atoms with van der Waals surface area (Å²) in [4.78, 5) is 26.2. The molecular weight excluding hydrogens is 460 g/mol. The number of fused-ring (bicyclic) bond motifs is 2. The van der Waals surface area contributed by atoms with Crippen LogP contribution in [0.1, 0.15) is 45.1 Å². The summed E-state index contributed by atoms with van der Waals surface area (Å²) < 4.78 is 10.9. The Labute approximate surface area is 207 Å². The predicted octanol–water partition coefficient (Wildman–Crippen LogP) is 5.36. The number of rotatable bonds is 5. The number of benzene rings is 2. The van der Waals surface area contributed by atoms with Gasteiger partial charge in [0.2, 0.25) is 6.79 Å². The average Bonchev–Trinajstić information content (AvgIpc) is 3.52. The fraction of sp³-hybridized carbons (Fsp3) is 0.296. The van der Waals surface area contributed by atoms with Crippen LogP contribution < -0.4 is 14.8 Å². The molecule has 4 aromatic rings. The van der Waals surface area contributed by atoms with Gasteiger partial charge in [0.15, 0.2) is 11.5 Å². The zero-order valence-electron chi connectivity index (χ0n) is 19.5. The van der Waals surface area contributed by atoms with Gasteiger partial charge in [-0.15, -0.1) is 11.3 Å². The minimum absolute atomic E-state index is 0.0906. The van der Waals surface area contributed by atoms with Crippen LogP contribution in [0.2, 0.25) is 0 Å². The van der Waals surface area contributed by atoms with Crippen LogP contribution in [0.5, 0.6) is 11.5 Å². The highest BCUT2D eigenvalue weighted by molar-refractivity contribution is 7.20. The lowest BCUT2D eigenvalue weighted by atomic mass is 9.90. The maximum absolute atomic E-state index is 13.6. The third-order valence-electron chi connectivity index (χ3n) is 6.80. The predicted molar refractivity (Wildman–Crippen MR) is 136 cm³/mol. The molecule has 0 saturated carbocycles. The minimum Gasteiger partial charge on any atom is -0.454 e. The second-order valence-electron chi connectivity index (χ2n) is 9.00. The molecule has 0 unspecified atom stereocenters. The summed E-state index contributed by atoms with van der Waals surface area (Å²) in [5.41, 5.74) is 3.30. The number of thiophene rings is 1. The van der Waals surface area contributed by atoms with E-state index in [4.69, 9.17) is 9.47 Å². The lowest BCUT2D eigenvalue weighted by Gasteiger charge is -2.33. The molecule has 4 heterocycles. The van der Waals surface area contributed by atoms with Crippen molar-refractivity contribution in [3.05, 3.63) is 76.4 Å². The Bertz CT molecular complexity index is 1390. The Morgan fingerprint density at radius 3 is 2.89 bits per heavy atom. The zero-order valence-corrected chi connectivity index (χ0v) is 20.3. The monoisotopic (exact) mass is 486 g/mol. The minimum atomic E-state index is 0.0906. The van der Waals surface area contributed by atoms with Crippen molar-refractivity contribution in [2.45, 2.75) is 32.2 Å². The van der Waals surface area contributed by atoms with Crippen LogP contribution in [0.3, 0.4) is 0 Å². The molecule has 1 fully saturated rings. The van der Waals surface area contributed by atoms with Crippen molar-refractivity contribution in [3.8, 4) is 11.5 Å². The lowest BCUT2D eigenvalue weighted by molar-refractivity contribution is 0.0711. The molecule has 0 spiro atoms. The second-order valence-corrected chi connectivity index (χ2v) is 10.00. The molecule has 1 atom stereocenters. The number of piperidine rings is 1. The number of nitrogens with zero attached hydrogens (tertiary/aromatic N) is 3. The summed E-state index contributed by atoms with van der Waals surface area (Å²) in [7, 11) is 0. The standard InChI is InChI=1S/C27H26N4O3S/c1-17-23-25(28-13-18-9-10-21-22(12-18)34-16-33-21)29-15-30-26(23)35-24(17)27(32)31-11-5-8-20(14-31)19-6-3-2-4-7-19/h2-4,6-7,9-10,12,15,20H,5,8,11,13-14,16H2,1H3,(H,28,29,30)/t20-/m1/s1. The Hall–Kier alpha value is -3.65. The van der Waals surface area contributed by atoms with Crippen molar-refractivity contribution in [2.75, 3.05) is 25.2 Å². The normalized spacial score (nSPS) is 17.1. The molecule has 35 heavy (non-hydrogen) atoms. The van der Waals surface area contributed by atoms with Gasteiger partial charge in [0.25, 0.3) is 5.91 Å². The van der Waals surface area contributed by atoms with Crippen LogP contribution in [0.25, 0.3) is 10.2 Å². The van der Waals surface area contributed by atoms with Gasteiger partial charge in [-0.2, -0.15) is 0 Å². The number of anilines is 1. The van der Waals surface area contributed by atoms with E-state index in [1.54, 1.807) is 6.33 Å². The molecule has 8 heteroatoms. The number of likely N-dealkylation sites (tertiary alicyclic amines) is 1. The van der Waals surface area contributed by atoms with Crippen molar-refractivity contribution < 1.29 is 14.3 Å². The fourth-order valence-corrected chi connectivity index (χ4v) is 6.07. The van der Waals surface area contributed by atoms with E-state index in [9.17, 15) is 4.79 Å². The maximum Gasteiger partial charge on any atom is 0.264 e. The molecule has 0 aliphatic carbocycles. The quantitative estimate of drug-likeness (QED) is 0.409. The SMILES string of the molecule is Cc1c(C(=O)N2CCC[C@@H](c3ccccc3)C2)sc2ncnc(NCc3ccc4c(c3)OCO4)c12. The Balaban J connectivity index is 1.23. The molecule has 2 aliphatic rings. The molecule has 7 nitrogen and oxygen atoms in total. The first-order valence-electron chi connectivity index (χ1n) is 11.9. The molecule has 2 aromatic carbocycles. The zero-order chi connectivity index (χ0) is 23.8. The van der Waals surface area contributed by atoms with E-state index in [-0.39, 0.29) is 12.7 Å². The topological polar surface area (TPSA) is 76.6 Å². The number of aromatic nitrogens is 2. The van der Waals surface area contributed by atoms with Crippen LogP contribution in [0, 0.1) is 6.92 Å². The lowest BCUT2D eigenvalue weighted by Crippen LogP contribution is -2.39. The summed E-state index contributed by atoms with van der Waals surface area (Å²) in [6.45, 7) is 4.37. The first-order chi connectivity index (χ1) is 17.2. The molecule has 0 radical (unpaired) electrons. The summed E-state index contributed by atoms with van der Waals surface area (Å²) in [5.74, 6) is 2.73. The van der Waals surface area contributed by atoms with Crippen molar-refractivity contribution in [1.29, 1.82) is 0 Å². The van der Waals surface area contributed by atoms with Crippen LogP contribution in [0.4, 0.5) is 5.82 Å². The van der Waals surface area contributed by atoms with Gasteiger partial charge in [-0.1, -0.05) is 36.4 Å². The van der Waals surface area contributed by atoms with E-state index in [2.05, 4.69) is 39.6 Å². The van der Waals surface area contributed by atoms with Gasteiger partial charge in [0.05, 0.1) is 10.3 Å². The van der Waals surface area contributed by atoms with E-state index in [1.807, 2.05) is 36.1 Å². The van der Waals surface area contributed by atoms with E-state index in [0.29, 0.717) is 12.5 Å².